The number of fused-ring (bicyclic) bond motifs is 1. The van der Waals surface area contributed by atoms with E-state index < -0.39 is 11.5 Å². The second-order valence-corrected chi connectivity index (χ2v) is 10.1. The van der Waals surface area contributed by atoms with Crippen LogP contribution in [-0.4, -0.2) is 42.2 Å². The Morgan fingerprint density at radius 3 is 1.80 bits per heavy atom. The number of benzene rings is 3. The smallest absolute Gasteiger partial charge is 0.343 e. The molecule has 41 heavy (non-hydrogen) atoms. The van der Waals surface area contributed by atoms with Gasteiger partial charge in [-0.05, 0) is 48.6 Å². The van der Waals surface area contributed by atoms with E-state index in [0.29, 0.717) is 22.0 Å². The van der Waals surface area contributed by atoms with Crippen molar-refractivity contribution in [1.82, 2.24) is 9.13 Å². The zero-order valence-electron chi connectivity index (χ0n) is 22.5. The third kappa shape index (κ3) is 4.90. The van der Waals surface area contributed by atoms with Crippen LogP contribution in [0.2, 0.25) is 0 Å². The zero-order valence-corrected chi connectivity index (χ0v) is 24.1. The third-order valence-corrected chi connectivity index (χ3v) is 7.91. The van der Waals surface area contributed by atoms with Crippen LogP contribution in [0.5, 0.6) is 23.0 Å². The second-order valence-electron chi connectivity index (χ2n) is 8.73. The summed E-state index contributed by atoms with van der Waals surface area (Å²) in [4.78, 5) is 41.0. The number of thiophene rings is 1. The number of aromatic nitrogens is 2. The van der Waals surface area contributed by atoms with E-state index in [4.69, 9.17) is 31.2 Å². The Morgan fingerprint density at radius 1 is 0.780 bits per heavy atom. The van der Waals surface area contributed by atoms with E-state index in [1.54, 1.807) is 28.8 Å². The zero-order chi connectivity index (χ0) is 29.3. The standard InChI is InChI=1S/C30H24N2O7S2/c1-17(33)26-25(39-29(35)18-15-21(36-2)24(38-4)22(16-18)37-3)23-27(34)31(19-11-7-5-8-12-19)30(40)32(28(23)41-26)20-13-9-6-10-14-20/h5-16H,1-4H3. The van der Waals surface area contributed by atoms with E-state index >= 15 is 0 Å². The van der Waals surface area contributed by atoms with Crippen LogP contribution in [0.4, 0.5) is 0 Å². The van der Waals surface area contributed by atoms with Crippen molar-refractivity contribution >= 4 is 45.5 Å². The van der Waals surface area contributed by atoms with Gasteiger partial charge in [-0.3, -0.25) is 18.7 Å². The topological polar surface area (TPSA) is 98.0 Å². The normalized spacial score (nSPS) is 10.8. The molecule has 2 heterocycles. The van der Waals surface area contributed by atoms with Crippen molar-refractivity contribution < 1.29 is 28.5 Å². The number of esters is 1. The highest BCUT2D eigenvalue weighted by Crippen LogP contribution is 2.41. The number of ketones is 1. The lowest BCUT2D eigenvalue weighted by Gasteiger charge is -2.15. The summed E-state index contributed by atoms with van der Waals surface area (Å²) in [6.45, 7) is 1.35. The van der Waals surface area contributed by atoms with Gasteiger partial charge >= 0.3 is 5.97 Å². The Morgan fingerprint density at radius 2 is 1.32 bits per heavy atom. The first kappa shape index (κ1) is 27.8. The average molecular weight is 589 g/mol. The van der Waals surface area contributed by atoms with E-state index in [-0.39, 0.29) is 43.6 Å². The fourth-order valence-corrected chi connectivity index (χ4v) is 6.01. The highest BCUT2D eigenvalue weighted by atomic mass is 32.1. The molecule has 3 aromatic carbocycles. The van der Waals surface area contributed by atoms with Gasteiger partial charge in [-0.2, -0.15) is 0 Å². The lowest BCUT2D eigenvalue weighted by molar-refractivity contribution is 0.0735. The Labute approximate surface area is 243 Å². The predicted octanol–water partition coefficient (Wildman–Crippen LogP) is 6.02. The SMILES string of the molecule is COc1cc(C(=O)Oc2c(C(C)=O)sc3c2c(=O)n(-c2ccccc2)c(=S)n3-c2ccccc2)cc(OC)c1OC. The molecule has 0 aliphatic heterocycles. The van der Waals surface area contributed by atoms with Gasteiger partial charge in [0, 0.05) is 12.6 Å². The fourth-order valence-electron chi connectivity index (χ4n) is 4.43. The number of hydrogen-bond acceptors (Lipinski definition) is 9. The lowest BCUT2D eigenvalue weighted by Crippen LogP contribution is -2.24. The molecule has 0 N–H and O–H groups in total. The monoisotopic (exact) mass is 588 g/mol. The molecule has 2 aromatic heterocycles. The van der Waals surface area contributed by atoms with Gasteiger partial charge in [0.25, 0.3) is 5.56 Å². The average Bonchev–Trinajstić information content (AvgIpc) is 3.36. The number of nitrogens with zero attached hydrogens (tertiary/aromatic N) is 2. The highest BCUT2D eigenvalue weighted by Gasteiger charge is 2.28. The number of Topliss-reactive ketones (excluding diaryl/α,β-unsaturated/α-hetero) is 1. The summed E-state index contributed by atoms with van der Waals surface area (Å²) in [6.07, 6.45) is 0. The van der Waals surface area contributed by atoms with Crippen LogP contribution < -0.4 is 24.5 Å². The van der Waals surface area contributed by atoms with E-state index in [0.717, 1.165) is 11.3 Å². The van der Waals surface area contributed by atoms with E-state index in [1.165, 1.54) is 45.0 Å². The second kappa shape index (κ2) is 11.4. The number of carbonyl (C=O) groups is 2. The minimum atomic E-state index is -0.828. The molecule has 0 bridgehead atoms. The van der Waals surface area contributed by atoms with Gasteiger partial charge in [0.15, 0.2) is 27.8 Å². The lowest BCUT2D eigenvalue weighted by atomic mass is 10.1. The first-order valence-corrected chi connectivity index (χ1v) is 13.5. The molecule has 0 aliphatic carbocycles. The maximum Gasteiger partial charge on any atom is 0.343 e. The predicted molar refractivity (Wildman–Crippen MR) is 159 cm³/mol. The quantitative estimate of drug-likeness (QED) is 0.123. The number of carbonyl (C=O) groups excluding carboxylic acids is 2. The molecule has 0 amide bonds. The highest BCUT2D eigenvalue weighted by molar-refractivity contribution is 7.71. The molecule has 0 saturated carbocycles. The summed E-state index contributed by atoms with van der Waals surface area (Å²) in [5.41, 5.74) is 0.727. The van der Waals surface area contributed by atoms with Gasteiger partial charge < -0.3 is 18.9 Å². The van der Waals surface area contributed by atoms with Crippen molar-refractivity contribution in [3.63, 3.8) is 0 Å². The van der Waals surface area contributed by atoms with E-state index in [9.17, 15) is 14.4 Å². The molecule has 0 radical (unpaired) electrons. The van der Waals surface area contributed by atoms with Crippen molar-refractivity contribution in [3.8, 4) is 34.4 Å². The maximum absolute atomic E-state index is 14.1. The van der Waals surface area contributed by atoms with Crippen LogP contribution in [0.15, 0.2) is 77.6 Å². The molecule has 0 fully saturated rings. The van der Waals surface area contributed by atoms with Crippen LogP contribution in [0, 0.1) is 4.77 Å². The number of methoxy groups -OCH3 is 3. The molecule has 5 aromatic rings. The largest absolute Gasteiger partial charge is 0.493 e. The molecule has 11 heteroatoms. The molecule has 5 rings (SSSR count). The summed E-state index contributed by atoms with van der Waals surface area (Å²) in [7, 11) is 4.29. The number of ether oxygens (including phenoxy) is 4. The van der Waals surface area contributed by atoms with Crippen LogP contribution in [0.3, 0.4) is 0 Å². The van der Waals surface area contributed by atoms with Crippen LogP contribution >= 0.6 is 23.6 Å². The summed E-state index contributed by atoms with van der Waals surface area (Å²) < 4.78 is 25.2. The summed E-state index contributed by atoms with van der Waals surface area (Å²) >= 11 is 6.86. The fraction of sp³-hybridized carbons (Fsp3) is 0.133. The molecule has 0 spiro atoms. The molecule has 9 nitrogen and oxygen atoms in total. The maximum atomic E-state index is 14.1. The Kier molecular flexibility index (Phi) is 7.73. The van der Waals surface area contributed by atoms with Crippen LogP contribution in [0.25, 0.3) is 21.6 Å². The summed E-state index contributed by atoms with van der Waals surface area (Å²) in [5.74, 6) is -0.578. The van der Waals surface area contributed by atoms with Crippen LogP contribution in [-0.2, 0) is 0 Å². The molecule has 0 atom stereocenters. The third-order valence-electron chi connectivity index (χ3n) is 6.29. The Bertz CT molecular complexity index is 1880. The Balaban J connectivity index is 1.80. The first-order chi connectivity index (χ1) is 19.8. The number of para-hydroxylation sites is 2. The van der Waals surface area contributed by atoms with Crippen molar-refractivity contribution in [3.05, 3.63) is 98.4 Å². The molecular formula is C30H24N2O7S2. The van der Waals surface area contributed by atoms with Gasteiger partial charge in [-0.1, -0.05) is 36.4 Å². The van der Waals surface area contributed by atoms with Crippen LogP contribution in [0.1, 0.15) is 27.0 Å². The molecule has 208 valence electrons. The van der Waals surface area contributed by atoms with Gasteiger partial charge in [-0.25, -0.2) is 4.79 Å². The summed E-state index contributed by atoms with van der Waals surface area (Å²) in [5, 5.41) is 0.0438. The molecule has 0 saturated heterocycles. The summed E-state index contributed by atoms with van der Waals surface area (Å²) in [6, 6.07) is 21.0. The van der Waals surface area contributed by atoms with Gasteiger partial charge in [0.1, 0.15) is 15.1 Å². The van der Waals surface area contributed by atoms with Crippen molar-refractivity contribution in [2.75, 3.05) is 21.3 Å². The van der Waals surface area contributed by atoms with Crippen molar-refractivity contribution in [2.24, 2.45) is 0 Å². The Hall–Kier alpha value is -4.74. The molecule has 0 unspecified atom stereocenters. The first-order valence-electron chi connectivity index (χ1n) is 12.3. The minimum absolute atomic E-state index is 0.0438. The molecule has 0 aliphatic rings. The van der Waals surface area contributed by atoms with Crippen molar-refractivity contribution in [1.29, 1.82) is 0 Å². The van der Waals surface area contributed by atoms with E-state index in [2.05, 4.69) is 0 Å². The molecular weight excluding hydrogens is 564 g/mol. The van der Waals surface area contributed by atoms with Gasteiger partial charge in [-0.15, -0.1) is 11.3 Å². The minimum Gasteiger partial charge on any atom is -0.493 e. The van der Waals surface area contributed by atoms with Gasteiger partial charge in [0.2, 0.25) is 5.75 Å². The van der Waals surface area contributed by atoms with Crippen molar-refractivity contribution in [2.45, 2.75) is 6.92 Å². The van der Waals surface area contributed by atoms with Gasteiger partial charge in [0.05, 0.1) is 32.6 Å². The van der Waals surface area contributed by atoms with E-state index in [1.807, 2.05) is 36.4 Å². The number of rotatable bonds is 8. The number of hydrogen-bond donors (Lipinski definition) is 0.